The molecule has 0 spiro atoms. The number of rotatable bonds is 6. The molecular weight excluding hydrogens is 218 g/mol. The van der Waals surface area contributed by atoms with Gasteiger partial charge in [-0.2, -0.15) is 0 Å². The Kier molecular flexibility index (Phi) is 6.47. The highest BCUT2D eigenvalue weighted by Gasteiger charge is 2.19. The van der Waals surface area contributed by atoms with E-state index in [0.29, 0.717) is 19.2 Å². The molecule has 0 aliphatic carbocycles. The van der Waals surface area contributed by atoms with Crippen LogP contribution in [0.2, 0.25) is 0 Å². The van der Waals surface area contributed by atoms with Crippen LogP contribution in [0.25, 0.3) is 0 Å². The molecule has 0 saturated carbocycles. The molecule has 0 bridgehead atoms. The van der Waals surface area contributed by atoms with Gasteiger partial charge in [-0.3, -0.25) is 9.69 Å². The number of hydrogen-bond donors (Lipinski definition) is 1. The molecule has 1 aliphatic heterocycles. The summed E-state index contributed by atoms with van der Waals surface area (Å²) in [6.07, 6.45) is 2.89. The lowest BCUT2D eigenvalue weighted by molar-refractivity contribution is -0.131. The van der Waals surface area contributed by atoms with Crippen molar-refractivity contribution >= 4 is 5.91 Å². The van der Waals surface area contributed by atoms with Crippen molar-refractivity contribution in [2.45, 2.75) is 25.3 Å². The van der Waals surface area contributed by atoms with Crippen LogP contribution in [-0.2, 0) is 9.53 Å². The largest absolute Gasteiger partial charge is 0.385 e. The summed E-state index contributed by atoms with van der Waals surface area (Å²) in [5, 5.41) is 0. The van der Waals surface area contributed by atoms with Crippen LogP contribution in [0.5, 0.6) is 0 Å². The number of nitrogens with two attached hydrogens (primary N) is 1. The van der Waals surface area contributed by atoms with E-state index in [1.165, 1.54) is 0 Å². The van der Waals surface area contributed by atoms with Gasteiger partial charge in [-0.15, -0.1) is 0 Å². The highest BCUT2D eigenvalue weighted by Crippen LogP contribution is 2.08. The van der Waals surface area contributed by atoms with Crippen LogP contribution in [0, 0.1) is 0 Å². The second-order valence-corrected chi connectivity index (χ2v) is 4.78. The van der Waals surface area contributed by atoms with Gasteiger partial charge in [0.25, 0.3) is 0 Å². The van der Waals surface area contributed by atoms with Crippen molar-refractivity contribution in [3.8, 4) is 0 Å². The van der Waals surface area contributed by atoms with Gasteiger partial charge in [0.15, 0.2) is 0 Å². The van der Waals surface area contributed by atoms with E-state index in [1.807, 2.05) is 7.05 Å². The molecule has 2 N–H and O–H groups in total. The van der Waals surface area contributed by atoms with E-state index in [1.54, 1.807) is 12.0 Å². The zero-order valence-corrected chi connectivity index (χ0v) is 11.0. The van der Waals surface area contributed by atoms with E-state index in [9.17, 15) is 4.79 Å². The first kappa shape index (κ1) is 14.4. The predicted molar refractivity (Wildman–Crippen MR) is 67.8 cm³/mol. The molecule has 1 fully saturated rings. The Bertz CT molecular complexity index is 228. The number of hydrogen-bond acceptors (Lipinski definition) is 4. The van der Waals surface area contributed by atoms with Crippen molar-refractivity contribution < 1.29 is 9.53 Å². The SMILES string of the molecule is COCCCN(C)C(=O)CN1CCC(N)CC1. The van der Waals surface area contributed by atoms with Crippen LogP contribution in [-0.4, -0.2) is 68.7 Å². The molecule has 0 aromatic carbocycles. The van der Waals surface area contributed by atoms with Crippen molar-refractivity contribution in [2.24, 2.45) is 5.73 Å². The molecular formula is C12H25N3O2. The first-order valence-corrected chi connectivity index (χ1v) is 6.34. The molecule has 0 unspecified atom stereocenters. The maximum absolute atomic E-state index is 11.9. The quantitative estimate of drug-likeness (QED) is 0.662. The normalized spacial score (nSPS) is 18.3. The summed E-state index contributed by atoms with van der Waals surface area (Å²) < 4.78 is 4.97. The Balaban J connectivity index is 2.19. The number of nitrogens with zero attached hydrogens (tertiary/aromatic N) is 2. The Labute approximate surface area is 104 Å². The predicted octanol–water partition coefficient (Wildman–Crippen LogP) is -0.0956. The number of carbonyl (C=O) groups is 1. The third kappa shape index (κ3) is 5.48. The van der Waals surface area contributed by atoms with Crippen molar-refractivity contribution in [1.29, 1.82) is 0 Å². The smallest absolute Gasteiger partial charge is 0.236 e. The summed E-state index contributed by atoms with van der Waals surface area (Å²) in [6, 6.07) is 0.320. The molecule has 0 radical (unpaired) electrons. The van der Waals surface area contributed by atoms with Crippen LogP contribution in [0.3, 0.4) is 0 Å². The van der Waals surface area contributed by atoms with Crippen molar-refractivity contribution in [3.05, 3.63) is 0 Å². The van der Waals surface area contributed by atoms with Gasteiger partial charge in [-0.25, -0.2) is 0 Å². The molecule has 0 atom stereocenters. The molecule has 0 aromatic rings. The van der Waals surface area contributed by atoms with Crippen molar-refractivity contribution in [3.63, 3.8) is 0 Å². The fraction of sp³-hybridized carbons (Fsp3) is 0.917. The molecule has 1 heterocycles. The number of piperidine rings is 1. The second-order valence-electron chi connectivity index (χ2n) is 4.78. The number of amides is 1. The van der Waals surface area contributed by atoms with Crippen LogP contribution >= 0.6 is 0 Å². The van der Waals surface area contributed by atoms with Gasteiger partial charge < -0.3 is 15.4 Å². The van der Waals surface area contributed by atoms with Gasteiger partial charge in [-0.05, 0) is 19.3 Å². The maximum atomic E-state index is 11.9. The van der Waals surface area contributed by atoms with Gasteiger partial charge in [0.1, 0.15) is 0 Å². The lowest BCUT2D eigenvalue weighted by Crippen LogP contribution is -2.45. The summed E-state index contributed by atoms with van der Waals surface area (Å²) in [5.74, 6) is 0.191. The first-order valence-electron chi connectivity index (χ1n) is 6.34. The lowest BCUT2D eigenvalue weighted by atomic mass is 10.1. The summed E-state index contributed by atoms with van der Waals surface area (Å²) in [4.78, 5) is 15.9. The monoisotopic (exact) mass is 243 g/mol. The van der Waals surface area contributed by atoms with Crippen molar-refractivity contribution in [1.82, 2.24) is 9.80 Å². The number of carbonyl (C=O) groups excluding carboxylic acids is 1. The van der Waals surface area contributed by atoms with Gasteiger partial charge in [0.05, 0.1) is 6.54 Å². The van der Waals surface area contributed by atoms with E-state index < -0.39 is 0 Å². The van der Waals surface area contributed by atoms with E-state index in [2.05, 4.69) is 4.90 Å². The molecule has 5 nitrogen and oxygen atoms in total. The highest BCUT2D eigenvalue weighted by atomic mass is 16.5. The van der Waals surface area contributed by atoms with E-state index in [-0.39, 0.29) is 5.91 Å². The van der Waals surface area contributed by atoms with Gasteiger partial charge in [0, 0.05) is 46.4 Å². The lowest BCUT2D eigenvalue weighted by Gasteiger charge is -2.30. The van der Waals surface area contributed by atoms with Gasteiger partial charge >= 0.3 is 0 Å². The standard InChI is InChI=1S/C12H25N3O2/c1-14(6-3-9-17-2)12(16)10-15-7-4-11(13)5-8-15/h11H,3-10,13H2,1-2H3. The number of likely N-dealkylation sites (N-methyl/N-ethyl adjacent to an activating group) is 1. The maximum Gasteiger partial charge on any atom is 0.236 e. The van der Waals surface area contributed by atoms with Crippen LogP contribution in [0.1, 0.15) is 19.3 Å². The molecule has 1 aliphatic rings. The van der Waals surface area contributed by atoms with E-state index >= 15 is 0 Å². The summed E-state index contributed by atoms with van der Waals surface area (Å²) in [7, 11) is 3.53. The summed E-state index contributed by atoms with van der Waals surface area (Å²) >= 11 is 0. The van der Waals surface area contributed by atoms with Crippen molar-refractivity contribution in [2.75, 3.05) is 46.9 Å². The second kappa shape index (κ2) is 7.63. The summed E-state index contributed by atoms with van der Waals surface area (Å²) in [6.45, 7) is 3.88. The fourth-order valence-corrected chi connectivity index (χ4v) is 1.99. The Hall–Kier alpha value is -0.650. The van der Waals surface area contributed by atoms with Gasteiger partial charge in [-0.1, -0.05) is 0 Å². The Morgan fingerprint density at radius 1 is 1.47 bits per heavy atom. The zero-order valence-electron chi connectivity index (χ0n) is 11.0. The summed E-state index contributed by atoms with van der Waals surface area (Å²) in [5.41, 5.74) is 5.83. The number of methoxy groups -OCH3 is 1. The van der Waals surface area contributed by atoms with Crippen LogP contribution in [0.4, 0.5) is 0 Å². The Morgan fingerprint density at radius 3 is 2.71 bits per heavy atom. The Morgan fingerprint density at radius 2 is 2.12 bits per heavy atom. The van der Waals surface area contributed by atoms with E-state index in [4.69, 9.17) is 10.5 Å². The average Bonchev–Trinajstić information content (AvgIpc) is 2.32. The highest BCUT2D eigenvalue weighted by molar-refractivity contribution is 5.77. The number of likely N-dealkylation sites (tertiary alicyclic amines) is 1. The zero-order chi connectivity index (χ0) is 12.7. The van der Waals surface area contributed by atoms with Crippen LogP contribution < -0.4 is 5.73 Å². The average molecular weight is 243 g/mol. The molecule has 1 amide bonds. The van der Waals surface area contributed by atoms with Crippen LogP contribution in [0.15, 0.2) is 0 Å². The minimum absolute atomic E-state index is 0.191. The molecule has 1 saturated heterocycles. The van der Waals surface area contributed by atoms with E-state index in [0.717, 1.165) is 38.9 Å². The fourth-order valence-electron chi connectivity index (χ4n) is 1.99. The molecule has 100 valence electrons. The molecule has 5 heteroatoms. The molecule has 17 heavy (non-hydrogen) atoms. The first-order chi connectivity index (χ1) is 8.13. The molecule has 1 rings (SSSR count). The number of ether oxygens (including phenoxy) is 1. The molecule has 0 aromatic heterocycles. The third-order valence-corrected chi connectivity index (χ3v) is 3.26. The minimum atomic E-state index is 0.191. The van der Waals surface area contributed by atoms with Gasteiger partial charge in [0.2, 0.25) is 5.91 Å². The minimum Gasteiger partial charge on any atom is -0.385 e. The topological polar surface area (TPSA) is 58.8 Å². The third-order valence-electron chi connectivity index (χ3n) is 3.26.